The van der Waals surface area contributed by atoms with Crippen molar-refractivity contribution in [3.05, 3.63) is 35.4 Å². The highest BCUT2D eigenvalue weighted by Gasteiger charge is 2.45. The Morgan fingerprint density at radius 2 is 1.84 bits per heavy atom. The van der Waals surface area contributed by atoms with Gasteiger partial charge in [0.1, 0.15) is 0 Å². The second-order valence-corrected chi connectivity index (χ2v) is 11.4. The van der Waals surface area contributed by atoms with Gasteiger partial charge in [0.05, 0.1) is 25.4 Å². The average Bonchev–Trinajstić information content (AvgIpc) is 3.06. The zero-order chi connectivity index (χ0) is 22.9. The summed E-state index contributed by atoms with van der Waals surface area (Å²) in [5, 5.41) is 0. The molecule has 1 saturated heterocycles. The smallest absolute Gasteiger partial charge is 0.410 e. The molecule has 178 valence electrons. The number of nitrogens with zero attached hydrogens (tertiary/aromatic N) is 2. The number of amides is 1. The molecular formula is C23H35N3O5S. The van der Waals surface area contributed by atoms with Crippen LogP contribution in [0.15, 0.2) is 24.3 Å². The SMILES string of the molecule is C[C@@H]1C[C@H](NS(=O)(=O)N(C)C)[C@@H]2COC3CCC(CC3)c3ccccc3CCOC(=O)N12. The second-order valence-electron chi connectivity index (χ2n) is 9.44. The molecule has 8 nitrogen and oxygen atoms in total. The third-order valence-corrected chi connectivity index (χ3v) is 8.71. The van der Waals surface area contributed by atoms with Gasteiger partial charge in [-0.3, -0.25) is 4.90 Å². The Morgan fingerprint density at radius 1 is 1.12 bits per heavy atom. The van der Waals surface area contributed by atoms with Crippen LogP contribution < -0.4 is 4.72 Å². The zero-order valence-electron chi connectivity index (χ0n) is 19.2. The van der Waals surface area contributed by atoms with E-state index in [0.29, 0.717) is 32.0 Å². The summed E-state index contributed by atoms with van der Waals surface area (Å²) in [5.74, 6) is 0.507. The Hall–Kier alpha value is -1.68. The first-order chi connectivity index (χ1) is 15.3. The Morgan fingerprint density at radius 3 is 2.56 bits per heavy atom. The van der Waals surface area contributed by atoms with Gasteiger partial charge in [0.15, 0.2) is 0 Å². The Kier molecular flexibility index (Phi) is 7.09. The number of benzene rings is 1. The van der Waals surface area contributed by atoms with Crippen molar-refractivity contribution in [3.8, 4) is 0 Å². The first-order valence-corrected chi connectivity index (χ1v) is 13.0. The maximum absolute atomic E-state index is 13.1. The zero-order valence-corrected chi connectivity index (χ0v) is 20.0. The van der Waals surface area contributed by atoms with Crippen molar-refractivity contribution < 1.29 is 22.7 Å². The third-order valence-electron chi connectivity index (χ3n) is 7.15. The van der Waals surface area contributed by atoms with Gasteiger partial charge >= 0.3 is 6.09 Å². The predicted molar refractivity (Wildman–Crippen MR) is 122 cm³/mol. The largest absolute Gasteiger partial charge is 0.449 e. The maximum Gasteiger partial charge on any atom is 0.410 e. The summed E-state index contributed by atoms with van der Waals surface area (Å²) in [7, 11) is -0.644. The lowest BCUT2D eigenvalue weighted by Crippen LogP contribution is -2.52. The lowest BCUT2D eigenvalue weighted by Gasteiger charge is -2.34. The second kappa shape index (κ2) is 9.67. The van der Waals surface area contributed by atoms with Crippen molar-refractivity contribution >= 4 is 16.3 Å². The summed E-state index contributed by atoms with van der Waals surface area (Å²) < 4.78 is 40.9. The first-order valence-electron chi connectivity index (χ1n) is 11.6. The van der Waals surface area contributed by atoms with E-state index in [9.17, 15) is 13.2 Å². The number of fused-ring (bicyclic) bond motifs is 6. The van der Waals surface area contributed by atoms with E-state index in [1.807, 2.05) is 13.0 Å². The number of hydrogen-bond donors (Lipinski definition) is 1. The highest BCUT2D eigenvalue weighted by atomic mass is 32.2. The highest BCUT2D eigenvalue weighted by Crippen LogP contribution is 2.37. The molecule has 1 saturated carbocycles. The summed E-state index contributed by atoms with van der Waals surface area (Å²) >= 11 is 0. The quantitative estimate of drug-likeness (QED) is 0.742. The number of carbonyl (C=O) groups is 1. The molecule has 0 unspecified atom stereocenters. The average molecular weight is 466 g/mol. The van der Waals surface area contributed by atoms with Crippen molar-refractivity contribution in [1.29, 1.82) is 0 Å². The summed E-state index contributed by atoms with van der Waals surface area (Å²) in [6.07, 6.45) is 5.01. The van der Waals surface area contributed by atoms with Crippen LogP contribution in [0, 0.1) is 0 Å². The lowest BCUT2D eigenvalue weighted by atomic mass is 9.80. The van der Waals surface area contributed by atoms with Gasteiger partial charge in [-0.25, -0.2) is 4.79 Å². The molecule has 0 spiro atoms. The Balaban J connectivity index is 1.57. The molecule has 4 aliphatic rings. The standard InChI is InChI=1S/C23H35N3O5S/c1-16-14-21(24-32(28,29)25(2)3)22-15-31-19-10-8-18(9-11-19)20-7-5-4-6-17(20)12-13-30-23(27)26(16)22/h4-7,16,18-19,21-22,24H,8-15H2,1-3H3/t16-,18?,19?,21+,22+/m1/s1. The summed E-state index contributed by atoms with van der Waals surface area (Å²) in [5.41, 5.74) is 2.61. The van der Waals surface area contributed by atoms with E-state index in [1.165, 1.54) is 25.2 Å². The molecule has 1 N–H and O–H groups in total. The molecule has 0 radical (unpaired) electrons. The van der Waals surface area contributed by atoms with Gasteiger partial charge in [-0.05, 0) is 56.1 Å². The minimum Gasteiger partial charge on any atom is -0.449 e. The molecule has 1 aliphatic carbocycles. The van der Waals surface area contributed by atoms with E-state index in [1.54, 1.807) is 4.90 Å². The van der Waals surface area contributed by atoms with E-state index in [2.05, 4.69) is 22.9 Å². The van der Waals surface area contributed by atoms with Crippen molar-refractivity contribution in [2.75, 3.05) is 27.3 Å². The molecule has 2 fully saturated rings. The minimum atomic E-state index is -3.63. The number of rotatable bonds is 3. The molecule has 3 heterocycles. The van der Waals surface area contributed by atoms with Crippen LogP contribution in [-0.4, -0.2) is 75.3 Å². The molecule has 32 heavy (non-hydrogen) atoms. The van der Waals surface area contributed by atoms with Gasteiger partial charge in [0.25, 0.3) is 10.2 Å². The predicted octanol–water partition coefficient (Wildman–Crippen LogP) is 2.65. The van der Waals surface area contributed by atoms with Crippen molar-refractivity contribution in [2.24, 2.45) is 0 Å². The topological polar surface area (TPSA) is 88.2 Å². The van der Waals surface area contributed by atoms with Gasteiger partial charge < -0.3 is 9.47 Å². The molecule has 1 aromatic carbocycles. The molecule has 0 aromatic heterocycles. The van der Waals surface area contributed by atoms with Gasteiger partial charge in [0.2, 0.25) is 0 Å². The fourth-order valence-electron chi connectivity index (χ4n) is 5.35. The molecule has 1 aromatic rings. The van der Waals surface area contributed by atoms with Crippen LogP contribution in [0.3, 0.4) is 0 Å². The molecule has 5 rings (SSSR count). The Bertz CT molecular complexity index is 914. The number of hydrogen-bond acceptors (Lipinski definition) is 5. The third kappa shape index (κ3) is 4.95. The van der Waals surface area contributed by atoms with Crippen LogP contribution in [0.25, 0.3) is 0 Å². The summed E-state index contributed by atoms with van der Waals surface area (Å²) in [6.45, 7) is 2.53. The normalized spacial score (nSPS) is 31.7. The van der Waals surface area contributed by atoms with Crippen LogP contribution >= 0.6 is 0 Å². The minimum absolute atomic E-state index is 0.126. The summed E-state index contributed by atoms with van der Waals surface area (Å²) in [4.78, 5) is 14.7. The molecule has 3 aliphatic heterocycles. The number of carbonyl (C=O) groups excluding carboxylic acids is 1. The molecule has 9 heteroatoms. The van der Waals surface area contributed by atoms with Crippen LogP contribution in [-0.2, 0) is 26.1 Å². The van der Waals surface area contributed by atoms with E-state index in [4.69, 9.17) is 9.47 Å². The Labute approximate surface area is 191 Å². The summed E-state index contributed by atoms with van der Waals surface area (Å²) in [6, 6.07) is 7.48. The van der Waals surface area contributed by atoms with Crippen LogP contribution in [0.1, 0.15) is 56.1 Å². The lowest BCUT2D eigenvalue weighted by molar-refractivity contribution is -0.0110. The highest BCUT2D eigenvalue weighted by molar-refractivity contribution is 7.87. The van der Waals surface area contributed by atoms with Crippen molar-refractivity contribution in [1.82, 2.24) is 13.9 Å². The molecule has 2 bridgehead atoms. The van der Waals surface area contributed by atoms with Crippen LogP contribution in [0.4, 0.5) is 4.79 Å². The van der Waals surface area contributed by atoms with Crippen molar-refractivity contribution in [2.45, 2.75) is 75.6 Å². The van der Waals surface area contributed by atoms with Gasteiger partial charge in [-0.2, -0.15) is 17.4 Å². The van der Waals surface area contributed by atoms with Gasteiger partial charge in [0, 0.05) is 32.6 Å². The molecular weight excluding hydrogens is 430 g/mol. The molecule has 3 atom stereocenters. The van der Waals surface area contributed by atoms with Crippen LogP contribution in [0.2, 0.25) is 0 Å². The fraction of sp³-hybridized carbons (Fsp3) is 0.696. The first kappa shape index (κ1) is 23.5. The van der Waals surface area contributed by atoms with Crippen molar-refractivity contribution in [3.63, 3.8) is 0 Å². The van der Waals surface area contributed by atoms with Gasteiger partial charge in [-0.1, -0.05) is 24.3 Å². The van der Waals surface area contributed by atoms with Crippen LogP contribution in [0.5, 0.6) is 0 Å². The van der Waals surface area contributed by atoms with E-state index >= 15 is 0 Å². The monoisotopic (exact) mass is 465 g/mol. The number of nitrogens with one attached hydrogen (secondary N) is 1. The van der Waals surface area contributed by atoms with E-state index in [0.717, 1.165) is 30.0 Å². The molecule has 1 amide bonds. The fourth-order valence-corrected chi connectivity index (χ4v) is 6.20. The van der Waals surface area contributed by atoms with E-state index in [-0.39, 0.29) is 12.1 Å². The van der Waals surface area contributed by atoms with Gasteiger partial charge in [-0.15, -0.1) is 0 Å². The van der Waals surface area contributed by atoms with E-state index < -0.39 is 28.4 Å². The maximum atomic E-state index is 13.1. The number of ether oxygens (including phenoxy) is 2.